The van der Waals surface area contributed by atoms with Crippen molar-refractivity contribution in [2.75, 3.05) is 11.3 Å². The molecule has 0 bridgehead atoms. The minimum absolute atomic E-state index is 0.223. The maximum absolute atomic E-state index is 12.5. The van der Waals surface area contributed by atoms with E-state index < -0.39 is 16.1 Å². The second kappa shape index (κ2) is 10.8. The first kappa shape index (κ1) is 21.9. The fourth-order valence-electron chi connectivity index (χ4n) is 3.05. The Kier molecular flexibility index (Phi) is 7.88. The van der Waals surface area contributed by atoms with Crippen LogP contribution in [0.4, 0.5) is 5.69 Å². The Morgan fingerprint density at radius 2 is 1.77 bits per heavy atom. The van der Waals surface area contributed by atoms with Gasteiger partial charge in [0.25, 0.3) is 10.0 Å². The maximum Gasteiger partial charge on any atom is 0.261 e. The van der Waals surface area contributed by atoms with Crippen LogP contribution in [-0.2, 0) is 16.4 Å². The van der Waals surface area contributed by atoms with Gasteiger partial charge in [0.15, 0.2) is 0 Å². The standard InChI is InChI=1S/C24H26NO4S/c26-22(11-8-18-29-23-12-3-1-4-13-23)17-16-20-9-7-10-21(19-20)25-30(27,28)24-14-5-2-6-15-24/h1-7,9-10,12,14-15,19,22,25-26H,8,11,16-18H2/t22-/m1/s1. The molecule has 0 aliphatic heterocycles. The average molecular weight is 425 g/mol. The van der Waals surface area contributed by atoms with Crippen molar-refractivity contribution in [3.05, 3.63) is 90.5 Å². The molecule has 30 heavy (non-hydrogen) atoms. The minimum atomic E-state index is -3.62. The van der Waals surface area contributed by atoms with Crippen LogP contribution in [0.25, 0.3) is 0 Å². The quantitative estimate of drug-likeness (QED) is 0.446. The Balaban J connectivity index is 1.44. The molecule has 0 fully saturated rings. The van der Waals surface area contributed by atoms with Crippen LogP contribution in [-0.4, -0.2) is 26.2 Å². The zero-order chi connectivity index (χ0) is 21.2. The number of hydrogen-bond acceptors (Lipinski definition) is 4. The summed E-state index contributed by atoms with van der Waals surface area (Å²) in [5, 5.41) is 10.2. The molecule has 1 atom stereocenters. The molecule has 0 aliphatic rings. The lowest BCUT2D eigenvalue weighted by atomic mass is 10.0. The normalized spacial score (nSPS) is 12.3. The van der Waals surface area contributed by atoms with Crippen LogP contribution in [0.1, 0.15) is 24.8 Å². The molecule has 157 valence electrons. The molecule has 0 saturated heterocycles. The molecule has 0 unspecified atom stereocenters. The Morgan fingerprint density at radius 3 is 2.53 bits per heavy atom. The summed E-state index contributed by atoms with van der Waals surface area (Å²) in [5.74, 6) is 0.710. The number of nitrogens with one attached hydrogen (secondary N) is 1. The van der Waals surface area contributed by atoms with Gasteiger partial charge in [-0.2, -0.15) is 0 Å². The second-order valence-electron chi connectivity index (χ2n) is 7.03. The topological polar surface area (TPSA) is 75.6 Å². The number of rotatable bonds is 11. The highest BCUT2D eigenvalue weighted by atomic mass is 32.2. The van der Waals surface area contributed by atoms with Gasteiger partial charge in [0, 0.05) is 11.8 Å². The summed E-state index contributed by atoms with van der Waals surface area (Å²) in [6.45, 7) is 0.536. The number of sulfonamides is 1. The Morgan fingerprint density at radius 1 is 0.967 bits per heavy atom. The Bertz CT molecular complexity index is 1010. The van der Waals surface area contributed by atoms with Crippen LogP contribution in [0.5, 0.6) is 5.75 Å². The monoisotopic (exact) mass is 424 g/mol. The fourth-order valence-corrected chi connectivity index (χ4v) is 4.12. The van der Waals surface area contributed by atoms with Crippen LogP contribution in [0, 0.1) is 6.07 Å². The maximum atomic E-state index is 12.5. The van der Waals surface area contributed by atoms with Crippen molar-refractivity contribution < 1.29 is 18.3 Å². The molecule has 5 nitrogen and oxygen atoms in total. The molecule has 0 heterocycles. The summed E-state index contributed by atoms with van der Waals surface area (Å²) in [6.07, 6.45) is 2.23. The summed E-state index contributed by atoms with van der Waals surface area (Å²) in [6, 6.07) is 26.0. The molecule has 0 spiro atoms. The smallest absolute Gasteiger partial charge is 0.261 e. The van der Waals surface area contributed by atoms with Crippen LogP contribution >= 0.6 is 0 Å². The Hall–Kier alpha value is -2.83. The molecule has 0 saturated carbocycles. The molecule has 0 aliphatic carbocycles. The van der Waals surface area contributed by atoms with E-state index in [-0.39, 0.29) is 4.90 Å². The lowest BCUT2D eigenvalue weighted by Crippen LogP contribution is -2.13. The molecule has 3 rings (SSSR count). The van der Waals surface area contributed by atoms with Crippen molar-refractivity contribution in [2.45, 2.75) is 36.7 Å². The highest BCUT2D eigenvalue weighted by Gasteiger charge is 2.13. The first-order chi connectivity index (χ1) is 14.5. The first-order valence-corrected chi connectivity index (χ1v) is 11.5. The van der Waals surface area contributed by atoms with Crippen molar-refractivity contribution in [3.8, 4) is 5.75 Å². The molecule has 1 radical (unpaired) electrons. The van der Waals surface area contributed by atoms with E-state index in [1.165, 1.54) is 0 Å². The van der Waals surface area contributed by atoms with Gasteiger partial charge >= 0.3 is 0 Å². The third-order valence-corrected chi connectivity index (χ3v) is 6.02. The number of benzene rings is 3. The van der Waals surface area contributed by atoms with E-state index in [0.717, 1.165) is 12.0 Å². The largest absolute Gasteiger partial charge is 0.493 e. The molecule has 2 N–H and O–H groups in total. The predicted molar refractivity (Wildman–Crippen MR) is 118 cm³/mol. The second-order valence-corrected chi connectivity index (χ2v) is 8.71. The van der Waals surface area contributed by atoms with Gasteiger partial charge in [-0.05, 0) is 61.6 Å². The predicted octanol–water partition coefficient (Wildman–Crippen LogP) is 4.44. The van der Waals surface area contributed by atoms with Gasteiger partial charge in [-0.3, -0.25) is 4.72 Å². The SMILES string of the molecule is O=S(=O)(Nc1cccc(CC[C@H](O)CCCOc2[c]cccc2)c1)c1ccccc1. The first-order valence-electron chi connectivity index (χ1n) is 9.97. The van der Waals surface area contributed by atoms with E-state index in [2.05, 4.69) is 10.8 Å². The zero-order valence-electron chi connectivity index (χ0n) is 16.7. The van der Waals surface area contributed by atoms with Gasteiger partial charge in [0.05, 0.1) is 17.6 Å². The number of anilines is 1. The molecular formula is C24H26NO4S. The summed E-state index contributed by atoms with van der Waals surface area (Å²) in [7, 11) is -3.62. The zero-order valence-corrected chi connectivity index (χ0v) is 17.5. The van der Waals surface area contributed by atoms with Crippen LogP contribution < -0.4 is 9.46 Å². The Labute approximate surface area is 178 Å². The third-order valence-electron chi connectivity index (χ3n) is 4.62. The van der Waals surface area contributed by atoms with E-state index in [1.54, 1.807) is 42.5 Å². The van der Waals surface area contributed by atoms with Crippen molar-refractivity contribution in [3.63, 3.8) is 0 Å². The van der Waals surface area contributed by atoms with Gasteiger partial charge < -0.3 is 9.84 Å². The number of para-hydroxylation sites is 1. The van der Waals surface area contributed by atoms with Gasteiger partial charge in [-0.25, -0.2) is 8.42 Å². The van der Waals surface area contributed by atoms with E-state index in [1.807, 2.05) is 36.4 Å². The van der Waals surface area contributed by atoms with E-state index in [0.29, 0.717) is 37.3 Å². The van der Waals surface area contributed by atoms with Gasteiger partial charge in [0.1, 0.15) is 5.75 Å². The minimum Gasteiger partial charge on any atom is -0.493 e. The molecule has 3 aromatic carbocycles. The number of aliphatic hydroxyl groups excluding tert-OH is 1. The number of ether oxygens (including phenoxy) is 1. The highest BCUT2D eigenvalue weighted by molar-refractivity contribution is 7.92. The van der Waals surface area contributed by atoms with E-state index >= 15 is 0 Å². The summed E-state index contributed by atoms with van der Waals surface area (Å²) in [5.41, 5.74) is 1.48. The summed E-state index contributed by atoms with van der Waals surface area (Å²) in [4.78, 5) is 0.223. The number of hydrogen-bond donors (Lipinski definition) is 2. The summed E-state index contributed by atoms with van der Waals surface area (Å²) >= 11 is 0. The summed E-state index contributed by atoms with van der Waals surface area (Å²) < 4.78 is 33.1. The lowest BCUT2D eigenvalue weighted by molar-refractivity contribution is 0.144. The van der Waals surface area contributed by atoms with Crippen molar-refractivity contribution in [2.24, 2.45) is 0 Å². The third kappa shape index (κ3) is 6.90. The highest BCUT2D eigenvalue weighted by Crippen LogP contribution is 2.19. The average Bonchev–Trinajstić information content (AvgIpc) is 2.77. The fraction of sp³-hybridized carbons (Fsp3) is 0.250. The van der Waals surface area contributed by atoms with Gasteiger partial charge in [-0.1, -0.05) is 48.5 Å². The number of aryl methyl sites for hydroxylation is 1. The van der Waals surface area contributed by atoms with Crippen LogP contribution in [0.2, 0.25) is 0 Å². The molecule has 0 aromatic heterocycles. The van der Waals surface area contributed by atoms with Gasteiger partial charge in [-0.15, -0.1) is 0 Å². The van der Waals surface area contributed by atoms with E-state index in [9.17, 15) is 13.5 Å². The van der Waals surface area contributed by atoms with E-state index in [4.69, 9.17) is 4.74 Å². The number of aliphatic hydroxyl groups is 1. The van der Waals surface area contributed by atoms with Crippen molar-refractivity contribution in [1.82, 2.24) is 0 Å². The van der Waals surface area contributed by atoms with Crippen molar-refractivity contribution >= 4 is 15.7 Å². The lowest BCUT2D eigenvalue weighted by Gasteiger charge is -2.12. The van der Waals surface area contributed by atoms with Crippen LogP contribution in [0.15, 0.2) is 83.8 Å². The molecule has 0 amide bonds. The van der Waals surface area contributed by atoms with Crippen LogP contribution in [0.3, 0.4) is 0 Å². The molecule has 3 aromatic rings. The molecular weight excluding hydrogens is 398 g/mol. The molecule has 6 heteroatoms. The van der Waals surface area contributed by atoms with Crippen molar-refractivity contribution in [1.29, 1.82) is 0 Å². The van der Waals surface area contributed by atoms with Gasteiger partial charge in [0.2, 0.25) is 0 Å².